The van der Waals surface area contributed by atoms with Crippen LogP contribution in [0.25, 0.3) is 10.9 Å². The van der Waals surface area contributed by atoms with Crippen molar-refractivity contribution in [3.05, 3.63) is 48.0 Å². The van der Waals surface area contributed by atoms with Crippen molar-refractivity contribution in [2.75, 3.05) is 37.0 Å². The molecule has 0 bridgehead atoms. The molecule has 1 aliphatic rings. The summed E-state index contributed by atoms with van der Waals surface area (Å²) < 4.78 is 48.8. The Kier molecular flexibility index (Phi) is 5.77. The number of nitrogens with one attached hydrogen (secondary N) is 1. The number of pyridine rings is 1. The molecular weight excluding hydrogens is 411 g/mol. The SMILES string of the molecule is COc1ccccc1N1CCc2c(NCCCO)nc3c(OC(F)(F)F)cccc3c21. The van der Waals surface area contributed by atoms with Crippen LogP contribution in [0.2, 0.25) is 0 Å². The highest BCUT2D eigenvalue weighted by atomic mass is 19.4. The average Bonchev–Trinajstić information content (AvgIpc) is 3.19. The van der Waals surface area contributed by atoms with Crippen LogP contribution < -0.4 is 19.7 Å². The second kappa shape index (κ2) is 8.50. The van der Waals surface area contributed by atoms with Crippen molar-refractivity contribution in [3.8, 4) is 11.5 Å². The fourth-order valence-corrected chi connectivity index (χ4v) is 3.90. The lowest BCUT2D eigenvalue weighted by atomic mass is 10.1. The lowest BCUT2D eigenvalue weighted by Gasteiger charge is -2.24. The fraction of sp³-hybridized carbons (Fsp3) is 0.318. The summed E-state index contributed by atoms with van der Waals surface area (Å²) in [6, 6.07) is 12.0. The molecule has 0 spiro atoms. The average molecular weight is 433 g/mol. The number of aliphatic hydroxyl groups is 1. The number of alkyl halides is 3. The van der Waals surface area contributed by atoms with Gasteiger partial charge in [0, 0.05) is 30.6 Å². The van der Waals surface area contributed by atoms with Gasteiger partial charge in [0.25, 0.3) is 0 Å². The first-order chi connectivity index (χ1) is 14.9. The van der Waals surface area contributed by atoms with Crippen LogP contribution in [0, 0.1) is 0 Å². The van der Waals surface area contributed by atoms with Gasteiger partial charge in [0.1, 0.15) is 17.1 Å². The summed E-state index contributed by atoms with van der Waals surface area (Å²) in [6.45, 7) is 1.06. The van der Waals surface area contributed by atoms with Gasteiger partial charge in [-0.05, 0) is 31.0 Å². The molecule has 0 saturated heterocycles. The zero-order chi connectivity index (χ0) is 22.0. The summed E-state index contributed by atoms with van der Waals surface area (Å²) in [5, 5.41) is 12.8. The lowest BCUT2D eigenvalue weighted by Crippen LogP contribution is -2.18. The maximum Gasteiger partial charge on any atom is 0.573 e. The van der Waals surface area contributed by atoms with Crippen LogP contribution >= 0.6 is 0 Å². The first-order valence-electron chi connectivity index (χ1n) is 9.89. The number of nitrogens with zero attached hydrogens (tertiary/aromatic N) is 2. The Morgan fingerprint density at radius 1 is 1.13 bits per heavy atom. The van der Waals surface area contributed by atoms with E-state index >= 15 is 0 Å². The number of halogens is 3. The van der Waals surface area contributed by atoms with Crippen molar-refractivity contribution in [2.24, 2.45) is 0 Å². The Morgan fingerprint density at radius 2 is 1.90 bits per heavy atom. The van der Waals surface area contributed by atoms with Crippen LogP contribution in [-0.4, -0.2) is 43.3 Å². The standard InChI is InChI=1S/C22H22F3N3O3/c1-30-17-8-3-2-7-16(17)28-12-10-15-20(28)14-6-4-9-18(31-22(23,24)25)19(14)27-21(15)26-11-5-13-29/h2-4,6-9,29H,5,10-13H2,1H3,(H,26,27). The second-order valence-corrected chi connectivity index (χ2v) is 7.07. The normalized spacial score (nSPS) is 13.4. The summed E-state index contributed by atoms with van der Waals surface area (Å²) in [5.41, 5.74) is 2.61. The fourth-order valence-electron chi connectivity index (χ4n) is 3.90. The van der Waals surface area contributed by atoms with Gasteiger partial charge >= 0.3 is 6.36 Å². The Balaban J connectivity index is 1.92. The number of fused-ring (bicyclic) bond motifs is 3. The van der Waals surface area contributed by atoms with E-state index in [1.54, 1.807) is 13.2 Å². The van der Waals surface area contributed by atoms with E-state index in [0.717, 1.165) is 16.9 Å². The number of ether oxygens (including phenoxy) is 2. The second-order valence-electron chi connectivity index (χ2n) is 7.07. The first-order valence-corrected chi connectivity index (χ1v) is 9.89. The van der Waals surface area contributed by atoms with Crippen LogP contribution in [0.4, 0.5) is 30.4 Å². The number of rotatable bonds is 7. The molecule has 3 aromatic rings. The topological polar surface area (TPSA) is 66.9 Å². The number of para-hydroxylation sites is 3. The van der Waals surface area contributed by atoms with Gasteiger partial charge in [-0.25, -0.2) is 4.98 Å². The highest BCUT2D eigenvalue weighted by Gasteiger charge is 2.34. The van der Waals surface area contributed by atoms with Crippen molar-refractivity contribution in [1.29, 1.82) is 0 Å². The molecule has 4 rings (SSSR count). The summed E-state index contributed by atoms with van der Waals surface area (Å²) >= 11 is 0. The van der Waals surface area contributed by atoms with Crippen LogP contribution in [0.1, 0.15) is 12.0 Å². The number of hydrogen-bond acceptors (Lipinski definition) is 6. The smallest absolute Gasteiger partial charge is 0.495 e. The predicted molar refractivity (Wildman–Crippen MR) is 112 cm³/mol. The quantitative estimate of drug-likeness (QED) is 0.530. The maximum absolute atomic E-state index is 13.0. The van der Waals surface area contributed by atoms with Crippen LogP contribution in [0.5, 0.6) is 11.5 Å². The number of hydrogen-bond donors (Lipinski definition) is 2. The molecule has 0 amide bonds. The van der Waals surface area contributed by atoms with Gasteiger partial charge in [0.05, 0.1) is 18.5 Å². The molecule has 0 aliphatic carbocycles. The molecule has 2 aromatic carbocycles. The molecule has 0 fully saturated rings. The number of aromatic nitrogens is 1. The summed E-state index contributed by atoms with van der Waals surface area (Å²) in [7, 11) is 1.58. The molecule has 2 N–H and O–H groups in total. The highest BCUT2D eigenvalue weighted by molar-refractivity contribution is 6.02. The van der Waals surface area contributed by atoms with Crippen molar-refractivity contribution in [3.63, 3.8) is 0 Å². The molecule has 1 aromatic heterocycles. The van der Waals surface area contributed by atoms with E-state index in [9.17, 15) is 13.2 Å². The third-order valence-corrected chi connectivity index (χ3v) is 5.13. The van der Waals surface area contributed by atoms with E-state index in [0.29, 0.717) is 42.9 Å². The first kappa shape index (κ1) is 21.0. The molecule has 6 nitrogen and oxygen atoms in total. The zero-order valence-corrected chi connectivity index (χ0v) is 16.9. The number of anilines is 3. The Hall–Kier alpha value is -3.20. The van der Waals surface area contributed by atoms with Gasteiger partial charge in [0.15, 0.2) is 5.75 Å². The molecule has 0 saturated carbocycles. The van der Waals surface area contributed by atoms with E-state index in [1.165, 1.54) is 12.1 Å². The van der Waals surface area contributed by atoms with E-state index in [-0.39, 0.29) is 17.9 Å². The minimum absolute atomic E-state index is 0.00144. The summed E-state index contributed by atoms with van der Waals surface area (Å²) in [6.07, 6.45) is -3.69. The number of methoxy groups -OCH3 is 1. The molecule has 9 heteroatoms. The van der Waals surface area contributed by atoms with Crippen molar-refractivity contribution >= 4 is 28.1 Å². The molecule has 164 valence electrons. The predicted octanol–water partition coefficient (Wildman–Crippen LogP) is 4.63. The van der Waals surface area contributed by atoms with Gasteiger partial charge in [-0.3, -0.25) is 0 Å². The molecule has 0 atom stereocenters. The molecule has 2 heterocycles. The van der Waals surface area contributed by atoms with Gasteiger partial charge < -0.3 is 24.8 Å². The van der Waals surface area contributed by atoms with Gasteiger partial charge in [-0.2, -0.15) is 0 Å². The molecule has 31 heavy (non-hydrogen) atoms. The third-order valence-electron chi connectivity index (χ3n) is 5.13. The van der Waals surface area contributed by atoms with Crippen LogP contribution in [0.3, 0.4) is 0 Å². The number of aliphatic hydroxyl groups excluding tert-OH is 1. The van der Waals surface area contributed by atoms with E-state index in [4.69, 9.17) is 9.84 Å². The van der Waals surface area contributed by atoms with Crippen molar-refractivity contribution in [1.82, 2.24) is 4.98 Å². The van der Waals surface area contributed by atoms with Crippen molar-refractivity contribution < 1.29 is 27.8 Å². The molecular formula is C22H22F3N3O3. The Bertz CT molecular complexity index is 1090. The Labute approximate surface area is 177 Å². The van der Waals surface area contributed by atoms with Crippen molar-refractivity contribution in [2.45, 2.75) is 19.2 Å². The minimum atomic E-state index is -4.83. The molecule has 1 aliphatic heterocycles. The summed E-state index contributed by atoms with van der Waals surface area (Å²) in [4.78, 5) is 6.53. The lowest BCUT2D eigenvalue weighted by molar-refractivity contribution is -0.274. The summed E-state index contributed by atoms with van der Waals surface area (Å²) in [5.74, 6) is 0.800. The molecule has 0 radical (unpaired) electrons. The van der Waals surface area contributed by atoms with Gasteiger partial charge in [-0.15, -0.1) is 13.2 Å². The van der Waals surface area contributed by atoms with Gasteiger partial charge in [-0.1, -0.05) is 24.3 Å². The highest BCUT2D eigenvalue weighted by Crippen LogP contribution is 2.47. The molecule has 0 unspecified atom stereocenters. The monoisotopic (exact) mass is 433 g/mol. The van der Waals surface area contributed by atoms with E-state index in [1.807, 2.05) is 29.2 Å². The largest absolute Gasteiger partial charge is 0.573 e. The third kappa shape index (κ3) is 4.18. The van der Waals surface area contributed by atoms with Crippen LogP contribution in [0.15, 0.2) is 42.5 Å². The number of benzene rings is 2. The van der Waals surface area contributed by atoms with Gasteiger partial charge in [0.2, 0.25) is 0 Å². The maximum atomic E-state index is 13.0. The minimum Gasteiger partial charge on any atom is -0.495 e. The van der Waals surface area contributed by atoms with E-state index in [2.05, 4.69) is 15.0 Å². The zero-order valence-electron chi connectivity index (χ0n) is 16.9. The van der Waals surface area contributed by atoms with Crippen LogP contribution in [-0.2, 0) is 6.42 Å². The van der Waals surface area contributed by atoms with E-state index < -0.39 is 6.36 Å². The Morgan fingerprint density at radius 3 is 2.65 bits per heavy atom.